The number of hydrogen-bond acceptors (Lipinski definition) is 2. The summed E-state index contributed by atoms with van der Waals surface area (Å²) < 4.78 is 14.0. The molecule has 14 heavy (non-hydrogen) atoms. The van der Waals surface area contributed by atoms with Crippen LogP contribution in [0.2, 0.25) is 0 Å². The molecule has 1 aromatic carbocycles. The van der Waals surface area contributed by atoms with Crippen LogP contribution in [0.25, 0.3) is 0 Å². The summed E-state index contributed by atoms with van der Waals surface area (Å²) in [5, 5.41) is 11.4. The van der Waals surface area contributed by atoms with Crippen LogP contribution in [-0.4, -0.2) is 6.04 Å². The standard InChI is InChI=1S/C10H10BrFN2/c1-7(4-5-13)14-10-6-8(11)2-3-9(10)12/h2-3,6-7,14H,4H2,1H3. The van der Waals surface area contributed by atoms with Gasteiger partial charge in [-0.15, -0.1) is 0 Å². The van der Waals surface area contributed by atoms with E-state index in [0.717, 1.165) is 4.47 Å². The number of benzene rings is 1. The Morgan fingerprint density at radius 3 is 3.00 bits per heavy atom. The Bertz CT molecular complexity index is 360. The highest BCUT2D eigenvalue weighted by atomic mass is 79.9. The van der Waals surface area contributed by atoms with Gasteiger partial charge in [-0.05, 0) is 25.1 Å². The van der Waals surface area contributed by atoms with Crippen LogP contribution in [0.5, 0.6) is 0 Å². The van der Waals surface area contributed by atoms with Crippen molar-refractivity contribution in [2.75, 3.05) is 5.32 Å². The number of halogens is 2. The molecule has 1 N–H and O–H groups in total. The van der Waals surface area contributed by atoms with E-state index in [1.807, 2.05) is 13.0 Å². The maximum absolute atomic E-state index is 13.2. The lowest BCUT2D eigenvalue weighted by Crippen LogP contribution is -2.14. The van der Waals surface area contributed by atoms with Gasteiger partial charge in [-0.25, -0.2) is 4.39 Å². The third-order valence-corrected chi connectivity index (χ3v) is 2.22. The highest BCUT2D eigenvalue weighted by molar-refractivity contribution is 9.10. The summed E-state index contributed by atoms with van der Waals surface area (Å²) >= 11 is 3.25. The summed E-state index contributed by atoms with van der Waals surface area (Å²) in [6.07, 6.45) is 0.353. The Morgan fingerprint density at radius 2 is 2.36 bits per heavy atom. The number of nitriles is 1. The fourth-order valence-corrected chi connectivity index (χ4v) is 1.42. The SMILES string of the molecule is CC(CC#N)Nc1cc(Br)ccc1F. The lowest BCUT2D eigenvalue weighted by atomic mass is 10.2. The Labute approximate surface area is 90.9 Å². The maximum Gasteiger partial charge on any atom is 0.146 e. The Morgan fingerprint density at radius 1 is 1.64 bits per heavy atom. The van der Waals surface area contributed by atoms with Crippen molar-refractivity contribution in [3.8, 4) is 6.07 Å². The molecule has 0 amide bonds. The molecule has 0 fully saturated rings. The minimum atomic E-state index is -0.307. The molecule has 4 heteroatoms. The lowest BCUT2D eigenvalue weighted by molar-refractivity contribution is 0.626. The highest BCUT2D eigenvalue weighted by Gasteiger charge is 2.06. The molecule has 1 unspecified atom stereocenters. The van der Waals surface area contributed by atoms with E-state index in [-0.39, 0.29) is 11.9 Å². The number of nitrogens with zero attached hydrogens (tertiary/aromatic N) is 1. The van der Waals surface area contributed by atoms with Crippen molar-refractivity contribution < 1.29 is 4.39 Å². The van der Waals surface area contributed by atoms with Crippen molar-refractivity contribution in [2.45, 2.75) is 19.4 Å². The van der Waals surface area contributed by atoms with E-state index >= 15 is 0 Å². The topological polar surface area (TPSA) is 35.8 Å². The summed E-state index contributed by atoms with van der Waals surface area (Å²) in [7, 11) is 0. The smallest absolute Gasteiger partial charge is 0.146 e. The third-order valence-electron chi connectivity index (χ3n) is 1.73. The van der Waals surface area contributed by atoms with Gasteiger partial charge in [-0.3, -0.25) is 0 Å². The molecule has 1 atom stereocenters. The largest absolute Gasteiger partial charge is 0.379 e. The molecule has 0 aliphatic carbocycles. The van der Waals surface area contributed by atoms with Gasteiger partial charge in [0.15, 0.2) is 0 Å². The zero-order valence-electron chi connectivity index (χ0n) is 7.72. The van der Waals surface area contributed by atoms with E-state index in [9.17, 15) is 4.39 Å². The fourth-order valence-electron chi connectivity index (χ4n) is 1.06. The molecule has 74 valence electrons. The van der Waals surface area contributed by atoms with Gasteiger partial charge in [0.1, 0.15) is 5.82 Å². The Kier molecular flexibility index (Phi) is 3.90. The van der Waals surface area contributed by atoms with E-state index in [1.54, 1.807) is 12.1 Å². The monoisotopic (exact) mass is 256 g/mol. The maximum atomic E-state index is 13.2. The van der Waals surface area contributed by atoms with E-state index in [4.69, 9.17) is 5.26 Å². The fraction of sp³-hybridized carbons (Fsp3) is 0.300. The summed E-state index contributed by atoms with van der Waals surface area (Å²) in [4.78, 5) is 0. The summed E-state index contributed by atoms with van der Waals surface area (Å²) in [5.74, 6) is -0.307. The van der Waals surface area contributed by atoms with Crippen molar-refractivity contribution >= 4 is 21.6 Å². The second-order valence-electron chi connectivity index (χ2n) is 3.03. The van der Waals surface area contributed by atoms with Crippen molar-refractivity contribution in [2.24, 2.45) is 0 Å². The first-order valence-electron chi connectivity index (χ1n) is 4.22. The number of rotatable bonds is 3. The summed E-state index contributed by atoms with van der Waals surface area (Å²) in [6, 6.07) is 6.64. The summed E-state index contributed by atoms with van der Waals surface area (Å²) in [5.41, 5.74) is 0.419. The van der Waals surface area contributed by atoms with Crippen LogP contribution in [0.4, 0.5) is 10.1 Å². The van der Waals surface area contributed by atoms with Crippen LogP contribution < -0.4 is 5.32 Å². The van der Waals surface area contributed by atoms with Gasteiger partial charge in [0.25, 0.3) is 0 Å². The molecule has 1 aromatic rings. The Balaban J connectivity index is 2.76. The number of hydrogen-bond donors (Lipinski definition) is 1. The molecule has 0 bridgehead atoms. The molecule has 0 aliphatic heterocycles. The molecule has 0 aromatic heterocycles. The van der Waals surface area contributed by atoms with Crippen LogP contribution in [0, 0.1) is 17.1 Å². The molecular formula is C10H10BrFN2. The van der Waals surface area contributed by atoms with Gasteiger partial charge in [0.2, 0.25) is 0 Å². The van der Waals surface area contributed by atoms with Crippen LogP contribution >= 0.6 is 15.9 Å². The van der Waals surface area contributed by atoms with Crippen LogP contribution in [0.3, 0.4) is 0 Å². The van der Waals surface area contributed by atoms with Gasteiger partial charge in [0, 0.05) is 10.5 Å². The Hall–Kier alpha value is -1.08. The van der Waals surface area contributed by atoms with E-state index in [2.05, 4.69) is 21.2 Å². The average molecular weight is 257 g/mol. The quantitative estimate of drug-likeness (QED) is 0.901. The third kappa shape index (κ3) is 3.00. The van der Waals surface area contributed by atoms with Crippen LogP contribution in [0.1, 0.15) is 13.3 Å². The molecule has 0 saturated heterocycles. The molecule has 0 spiro atoms. The zero-order valence-corrected chi connectivity index (χ0v) is 9.31. The zero-order chi connectivity index (χ0) is 10.6. The first kappa shape index (κ1) is 11.0. The molecule has 0 radical (unpaired) electrons. The number of anilines is 1. The lowest BCUT2D eigenvalue weighted by Gasteiger charge is -2.12. The molecule has 1 rings (SSSR count). The minimum Gasteiger partial charge on any atom is -0.379 e. The van der Waals surface area contributed by atoms with E-state index < -0.39 is 0 Å². The minimum absolute atomic E-state index is 0.0520. The van der Waals surface area contributed by atoms with Gasteiger partial charge in [0.05, 0.1) is 18.2 Å². The van der Waals surface area contributed by atoms with Gasteiger partial charge < -0.3 is 5.32 Å². The molecule has 0 saturated carbocycles. The predicted octanol–water partition coefficient (Wildman–Crippen LogP) is 3.30. The number of nitrogens with one attached hydrogen (secondary N) is 1. The van der Waals surface area contributed by atoms with Crippen molar-refractivity contribution in [1.29, 1.82) is 5.26 Å². The van der Waals surface area contributed by atoms with Gasteiger partial charge >= 0.3 is 0 Å². The molecule has 0 heterocycles. The predicted molar refractivity (Wildman–Crippen MR) is 57.4 cm³/mol. The average Bonchev–Trinajstić information content (AvgIpc) is 2.12. The second-order valence-corrected chi connectivity index (χ2v) is 3.95. The van der Waals surface area contributed by atoms with Crippen molar-refractivity contribution in [3.63, 3.8) is 0 Å². The van der Waals surface area contributed by atoms with Crippen LogP contribution in [-0.2, 0) is 0 Å². The van der Waals surface area contributed by atoms with Gasteiger partial charge in [-0.1, -0.05) is 15.9 Å². The van der Waals surface area contributed by atoms with E-state index in [0.29, 0.717) is 12.1 Å². The second kappa shape index (κ2) is 4.97. The van der Waals surface area contributed by atoms with Gasteiger partial charge in [-0.2, -0.15) is 5.26 Å². The first-order chi connectivity index (χ1) is 6.63. The molecule has 0 aliphatic rings. The normalized spacial score (nSPS) is 11.9. The first-order valence-corrected chi connectivity index (χ1v) is 5.01. The van der Waals surface area contributed by atoms with Crippen molar-refractivity contribution in [3.05, 3.63) is 28.5 Å². The summed E-state index contributed by atoms with van der Waals surface area (Å²) in [6.45, 7) is 1.84. The highest BCUT2D eigenvalue weighted by Crippen LogP contribution is 2.20. The van der Waals surface area contributed by atoms with Crippen LogP contribution in [0.15, 0.2) is 22.7 Å². The van der Waals surface area contributed by atoms with Crippen molar-refractivity contribution in [1.82, 2.24) is 0 Å². The molecular weight excluding hydrogens is 247 g/mol. The van der Waals surface area contributed by atoms with E-state index in [1.165, 1.54) is 6.07 Å². The molecule has 2 nitrogen and oxygen atoms in total.